The molecule has 164 valence electrons. The van der Waals surface area contributed by atoms with E-state index in [1.165, 1.54) is 6.92 Å². The first-order valence-corrected chi connectivity index (χ1v) is 10.1. The Bertz CT molecular complexity index is 991. The molecule has 0 heterocycles. The van der Waals surface area contributed by atoms with Crippen molar-refractivity contribution in [2.75, 3.05) is 5.32 Å². The largest absolute Gasteiger partial charge is 0.417 e. The van der Waals surface area contributed by atoms with Crippen LogP contribution in [0.2, 0.25) is 0 Å². The van der Waals surface area contributed by atoms with E-state index in [0.29, 0.717) is 6.07 Å². The van der Waals surface area contributed by atoms with Crippen LogP contribution in [-0.2, 0) is 17.1 Å². The second-order valence-electron chi connectivity index (χ2n) is 7.72. The molecule has 10 heteroatoms. The molecule has 0 atom stereocenters. The minimum absolute atomic E-state index is 0.0212. The molecule has 0 aliphatic heterocycles. The van der Waals surface area contributed by atoms with Crippen molar-refractivity contribution < 1.29 is 31.1 Å². The quantitative estimate of drug-likeness (QED) is 0.368. The lowest BCUT2D eigenvalue weighted by molar-refractivity contribution is -0.139. The van der Waals surface area contributed by atoms with Crippen LogP contribution in [0.3, 0.4) is 0 Å². The van der Waals surface area contributed by atoms with E-state index in [4.69, 9.17) is 0 Å². The van der Waals surface area contributed by atoms with Gasteiger partial charge in [0.2, 0.25) is 5.91 Å². The summed E-state index contributed by atoms with van der Waals surface area (Å²) in [4.78, 5) is 12.2. The number of benzene rings is 2. The molecule has 0 saturated carbocycles. The van der Waals surface area contributed by atoms with Gasteiger partial charge in [0.15, 0.2) is 0 Å². The molecule has 2 nitrogen and oxygen atoms in total. The molecule has 0 radical (unpaired) electrons. The van der Waals surface area contributed by atoms with Crippen LogP contribution in [0, 0.1) is 12.3 Å². The number of halogens is 8. The number of carbonyl (C=O) groups is 1. The zero-order valence-corrected chi connectivity index (χ0v) is 19.4. The van der Waals surface area contributed by atoms with Gasteiger partial charge in [0, 0.05) is 14.4 Å². The molecular weight excluding hydrogens is 544 g/mol. The first-order valence-electron chi connectivity index (χ1n) is 8.53. The predicted octanol–water partition coefficient (Wildman–Crippen LogP) is 8.21. The lowest BCUT2D eigenvalue weighted by Gasteiger charge is -2.22. The monoisotopic (exact) mass is 559 g/mol. The maximum absolute atomic E-state index is 13.8. The Kier molecular flexibility index (Phi) is 6.74. The van der Waals surface area contributed by atoms with Gasteiger partial charge in [0.25, 0.3) is 0 Å². The highest BCUT2D eigenvalue weighted by Crippen LogP contribution is 2.46. The van der Waals surface area contributed by atoms with Crippen LogP contribution in [0.1, 0.15) is 37.5 Å². The third kappa shape index (κ3) is 5.38. The lowest BCUT2D eigenvalue weighted by atomic mass is 9.92. The van der Waals surface area contributed by atoms with Crippen LogP contribution in [0.5, 0.6) is 0 Å². The maximum Gasteiger partial charge on any atom is 0.417 e. The van der Waals surface area contributed by atoms with Crippen LogP contribution in [-0.4, -0.2) is 5.91 Å². The Morgan fingerprint density at radius 1 is 0.800 bits per heavy atom. The van der Waals surface area contributed by atoms with Crippen molar-refractivity contribution in [2.24, 2.45) is 5.41 Å². The van der Waals surface area contributed by atoms with E-state index in [1.807, 2.05) is 0 Å². The van der Waals surface area contributed by atoms with E-state index in [-0.39, 0.29) is 20.2 Å². The number of nitrogens with one attached hydrogen (secondary N) is 1. The van der Waals surface area contributed by atoms with Crippen molar-refractivity contribution >= 4 is 43.5 Å². The van der Waals surface area contributed by atoms with Crippen molar-refractivity contribution in [1.29, 1.82) is 0 Å². The zero-order chi connectivity index (χ0) is 23.2. The van der Waals surface area contributed by atoms with Crippen molar-refractivity contribution in [3.8, 4) is 11.1 Å². The smallest absolute Gasteiger partial charge is 0.325 e. The summed E-state index contributed by atoms with van der Waals surface area (Å²) in [6.07, 6.45) is -9.83. The highest BCUT2D eigenvalue weighted by molar-refractivity contribution is 9.11. The van der Waals surface area contributed by atoms with Crippen LogP contribution >= 0.6 is 31.9 Å². The predicted molar refractivity (Wildman–Crippen MR) is 110 cm³/mol. The van der Waals surface area contributed by atoms with Gasteiger partial charge < -0.3 is 5.32 Å². The highest BCUT2D eigenvalue weighted by Gasteiger charge is 2.39. The fourth-order valence-corrected chi connectivity index (χ4v) is 3.36. The first kappa shape index (κ1) is 24.7. The summed E-state index contributed by atoms with van der Waals surface area (Å²) in [6, 6.07) is 3.38. The molecule has 2 aromatic carbocycles. The van der Waals surface area contributed by atoms with E-state index in [0.717, 1.165) is 18.2 Å². The van der Waals surface area contributed by atoms with E-state index >= 15 is 0 Å². The third-order valence-electron chi connectivity index (χ3n) is 4.24. The van der Waals surface area contributed by atoms with Crippen LogP contribution < -0.4 is 5.32 Å². The summed E-state index contributed by atoms with van der Waals surface area (Å²) in [5, 5.41) is 2.39. The van der Waals surface area contributed by atoms with Gasteiger partial charge in [0.05, 0.1) is 16.8 Å². The maximum atomic E-state index is 13.8. The van der Waals surface area contributed by atoms with Gasteiger partial charge in [-0.1, -0.05) is 36.7 Å². The van der Waals surface area contributed by atoms with Gasteiger partial charge in [-0.3, -0.25) is 4.79 Å². The zero-order valence-electron chi connectivity index (χ0n) is 16.2. The summed E-state index contributed by atoms with van der Waals surface area (Å²) in [5.74, 6) is -0.543. The molecule has 0 spiro atoms. The number of rotatable bonds is 2. The molecule has 0 aliphatic rings. The van der Waals surface area contributed by atoms with Crippen LogP contribution in [0.4, 0.5) is 32.0 Å². The number of carbonyl (C=O) groups excluding carboxylic acids is 1. The molecule has 0 fully saturated rings. The van der Waals surface area contributed by atoms with Gasteiger partial charge >= 0.3 is 12.4 Å². The standard InChI is InChI=1S/C20H17Br2F6NO/c1-9-5-12(19(23,24)25)10(6-14(9)21)11-7-15(22)16(8-13(11)20(26,27)28)29-17(30)18(2,3)4/h5-8H,1-4H3,(H,29,30). The van der Waals surface area contributed by atoms with Crippen molar-refractivity contribution in [3.63, 3.8) is 0 Å². The highest BCUT2D eigenvalue weighted by atomic mass is 79.9. The number of anilines is 1. The number of hydrogen-bond acceptors (Lipinski definition) is 1. The Labute approximate surface area is 186 Å². The fourth-order valence-electron chi connectivity index (χ4n) is 2.58. The first-order chi connectivity index (χ1) is 13.4. The average Bonchev–Trinajstić information content (AvgIpc) is 2.55. The van der Waals surface area contributed by atoms with Gasteiger partial charge in [0.1, 0.15) is 0 Å². The number of amides is 1. The number of aryl methyl sites for hydroxylation is 1. The molecule has 0 aromatic heterocycles. The minimum atomic E-state index is -4.96. The topological polar surface area (TPSA) is 29.1 Å². The Morgan fingerprint density at radius 2 is 1.23 bits per heavy atom. The second kappa shape index (κ2) is 8.18. The molecule has 2 aromatic rings. The van der Waals surface area contributed by atoms with Crippen molar-refractivity contribution in [3.05, 3.63) is 49.9 Å². The number of alkyl halides is 6. The molecule has 0 unspecified atom stereocenters. The molecule has 0 aliphatic carbocycles. The summed E-state index contributed by atoms with van der Waals surface area (Å²) < 4.78 is 82.4. The summed E-state index contributed by atoms with van der Waals surface area (Å²) in [6.45, 7) is 6.15. The summed E-state index contributed by atoms with van der Waals surface area (Å²) >= 11 is 6.16. The Hall–Kier alpha value is -1.55. The molecule has 0 saturated heterocycles. The van der Waals surface area contributed by atoms with E-state index in [2.05, 4.69) is 37.2 Å². The molecular formula is C20H17Br2F6NO. The summed E-state index contributed by atoms with van der Waals surface area (Å²) in [7, 11) is 0. The van der Waals surface area contributed by atoms with E-state index < -0.39 is 45.9 Å². The second-order valence-corrected chi connectivity index (χ2v) is 9.43. The van der Waals surface area contributed by atoms with E-state index in [1.54, 1.807) is 20.8 Å². The van der Waals surface area contributed by atoms with Gasteiger partial charge in [-0.05, 0) is 63.8 Å². The normalized spacial score (nSPS) is 12.8. The third-order valence-corrected chi connectivity index (χ3v) is 5.75. The van der Waals surface area contributed by atoms with Crippen molar-refractivity contribution in [1.82, 2.24) is 0 Å². The average molecular weight is 561 g/mol. The van der Waals surface area contributed by atoms with Gasteiger partial charge in [-0.2, -0.15) is 26.3 Å². The number of hydrogen-bond donors (Lipinski definition) is 1. The molecule has 0 bridgehead atoms. The lowest BCUT2D eigenvalue weighted by Crippen LogP contribution is -2.28. The van der Waals surface area contributed by atoms with Crippen LogP contribution in [0.25, 0.3) is 11.1 Å². The molecule has 30 heavy (non-hydrogen) atoms. The molecule has 1 N–H and O–H groups in total. The Balaban J connectivity index is 2.81. The molecule has 2 rings (SSSR count). The molecule has 1 amide bonds. The van der Waals surface area contributed by atoms with E-state index in [9.17, 15) is 31.1 Å². The minimum Gasteiger partial charge on any atom is -0.325 e. The SMILES string of the molecule is Cc1cc(C(F)(F)F)c(-c2cc(Br)c(NC(=O)C(C)(C)C)cc2C(F)(F)F)cc1Br. The van der Waals surface area contributed by atoms with Crippen LogP contribution in [0.15, 0.2) is 33.2 Å². The Morgan fingerprint density at radius 3 is 1.67 bits per heavy atom. The fraction of sp³-hybridized carbons (Fsp3) is 0.350. The van der Waals surface area contributed by atoms with Gasteiger partial charge in [-0.25, -0.2) is 0 Å². The van der Waals surface area contributed by atoms with Gasteiger partial charge in [-0.15, -0.1) is 0 Å². The van der Waals surface area contributed by atoms with Crippen molar-refractivity contribution in [2.45, 2.75) is 40.0 Å². The summed E-state index contributed by atoms with van der Waals surface area (Å²) in [5.41, 5.74) is -4.61.